The molecule has 0 unspecified atom stereocenters. The SMILES string of the molecule is Cc1ccc(-c2ncc([C@H]3C[C@@H]3C)[nH]2)cc1NC(=O)c1cnn2ccc(N3CC4(COC4)C3)cc12. The van der Waals surface area contributed by atoms with Crippen molar-refractivity contribution in [2.75, 3.05) is 36.5 Å². The molecular weight excluding hydrogens is 440 g/mol. The predicted octanol–water partition coefficient (Wildman–Crippen LogP) is 4.25. The van der Waals surface area contributed by atoms with E-state index in [1.165, 1.54) is 12.1 Å². The van der Waals surface area contributed by atoms with Crippen LogP contribution in [0, 0.1) is 18.3 Å². The monoisotopic (exact) mass is 468 g/mol. The third kappa shape index (κ3) is 3.43. The van der Waals surface area contributed by atoms with Crippen molar-refractivity contribution in [3.05, 3.63) is 65.7 Å². The molecule has 8 nitrogen and oxygen atoms in total. The van der Waals surface area contributed by atoms with Crippen molar-refractivity contribution in [1.29, 1.82) is 0 Å². The molecule has 0 bridgehead atoms. The summed E-state index contributed by atoms with van der Waals surface area (Å²) in [6.45, 7) is 7.96. The number of H-pyrrole nitrogens is 1. The zero-order valence-electron chi connectivity index (χ0n) is 19.9. The second-order valence-corrected chi connectivity index (χ2v) is 10.6. The normalized spacial score (nSPS) is 22.2. The van der Waals surface area contributed by atoms with Crippen LogP contribution >= 0.6 is 0 Å². The van der Waals surface area contributed by atoms with Crippen molar-refractivity contribution in [3.63, 3.8) is 0 Å². The molecule has 5 heterocycles. The number of nitrogens with one attached hydrogen (secondary N) is 2. The third-order valence-corrected chi connectivity index (χ3v) is 7.85. The fourth-order valence-electron chi connectivity index (χ4n) is 5.38. The van der Waals surface area contributed by atoms with Crippen LogP contribution in [-0.2, 0) is 4.74 Å². The molecule has 8 heteroatoms. The number of amides is 1. The first-order valence-electron chi connectivity index (χ1n) is 12.3. The van der Waals surface area contributed by atoms with Crippen LogP contribution in [0.5, 0.6) is 0 Å². The molecule has 2 N–H and O–H groups in total. The second kappa shape index (κ2) is 7.42. The smallest absolute Gasteiger partial charge is 0.259 e. The van der Waals surface area contributed by atoms with Crippen molar-refractivity contribution in [3.8, 4) is 11.4 Å². The van der Waals surface area contributed by atoms with Crippen LogP contribution in [0.2, 0.25) is 0 Å². The lowest BCUT2D eigenvalue weighted by atomic mass is 9.78. The number of hydrogen-bond donors (Lipinski definition) is 2. The highest BCUT2D eigenvalue weighted by atomic mass is 16.5. The van der Waals surface area contributed by atoms with Crippen LogP contribution in [-0.4, -0.2) is 51.8 Å². The Labute approximate surface area is 203 Å². The number of nitrogens with zero attached hydrogens (tertiary/aromatic N) is 4. The zero-order chi connectivity index (χ0) is 23.7. The number of imidazole rings is 1. The quantitative estimate of drug-likeness (QED) is 0.457. The maximum atomic E-state index is 13.3. The van der Waals surface area contributed by atoms with Gasteiger partial charge in [-0.25, -0.2) is 9.50 Å². The first-order valence-corrected chi connectivity index (χ1v) is 12.3. The van der Waals surface area contributed by atoms with E-state index >= 15 is 0 Å². The van der Waals surface area contributed by atoms with Crippen molar-refractivity contribution >= 4 is 22.8 Å². The van der Waals surface area contributed by atoms with Gasteiger partial charge in [0.2, 0.25) is 0 Å². The molecule has 3 aromatic heterocycles. The summed E-state index contributed by atoms with van der Waals surface area (Å²) in [4.78, 5) is 23.7. The summed E-state index contributed by atoms with van der Waals surface area (Å²) in [5.41, 5.74) is 6.72. The highest BCUT2D eigenvalue weighted by Gasteiger charge is 2.49. The highest BCUT2D eigenvalue weighted by molar-refractivity contribution is 6.09. The van der Waals surface area contributed by atoms with Crippen molar-refractivity contribution < 1.29 is 9.53 Å². The van der Waals surface area contributed by atoms with Crippen LogP contribution in [0.4, 0.5) is 11.4 Å². The molecule has 2 aliphatic heterocycles. The van der Waals surface area contributed by atoms with Gasteiger partial charge >= 0.3 is 0 Å². The van der Waals surface area contributed by atoms with E-state index < -0.39 is 0 Å². The number of aryl methyl sites for hydroxylation is 1. The minimum absolute atomic E-state index is 0.170. The Morgan fingerprint density at radius 1 is 1.20 bits per heavy atom. The lowest BCUT2D eigenvalue weighted by Gasteiger charge is -2.56. The van der Waals surface area contributed by atoms with Crippen molar-refractivity contribution in [2.24, 2.45) is 11.3 Å². The number of fused-ring (bicyclic) bond motifs is 1. The average molecular weight is 469 g/mol. The van der Waals surface area contributed by atoms with Crippen LogP contribution in [0.15, 0.2) is 48.9 Å². The van der Waals surface area contributed by atoms with Crippen molar-refractivity contribution in [2.45, 2.75) is 26.2 Å². The average Bonchev–Trinajstić information content (AvgIpc) is 3.19. The Hall–Kier alpha value is -3.65. The number of hydrogen-bond acceptors (Lipinski definition) is 5. The minimum Gasteiger partial charge on any atom is -0.380 e. The summed E-state index contributed by atoms with van der Waals surface area (Å²) >= 11 is 0. The molecule has 4 aromatic rings. The van der Waals surface area contributed by atoms with Gasteiger partial charge in [-0.1, -0.05) is 19.1 Å². The lowest BCUT2D eigenvalue weighted by Crippen LogP contribution is -2.66. The maximum Gasteiger partial charge on any atom is 0.259 e. The Balaban J connectivity index is 1.13. The summed E-state index contributed by atoms with van der Waals surface area (Å²) in [5.74, 6) is 1.97. The first-order chi connectivity index (χ1) is 17.0. The third-order valence-electron chi connectivity index (χ3n) is 7.85. The number of aromatic amines is 1. The van der Waals surface area contributed by atoms with Gasteiger partial charge in [0.1, 0.15) is 5.82 Å². The highest BCUT2D eigenvalue weighted by Crippen LogP contribution is 2.46. The van der Waals surface area contributed by atoms with Gasteiger partial charge in [0.25, 0.3) is 5.91 Å². The fourth-order valence-corrected chi connectivity index (χ4v) is 5.38. The van der Waals surface area contributed by atoms with Crippen molar-refractivity contribution in [1.82, 2.24) is 19.6 Å². The maximum absolute atomic E-state index is 13.3. The molecule has 3 fully saturated rings. The number of benzene rings is 1. The van der Waals surface area contributed by atoms with Gasteiger partial charge in [0.15, 0.2) is 0 Å². The topological polar surface area (TPSA) is 87.5 Å². The molecule has 2 saturated heterocycles. The van der Waals surface area contributed by atoms with E-state index in [-0.39, 0.29) is 5.91 Å². The number of anilines is 2. The van der Waals surface area contributed by atoms with E-state index in [9.17, 15) is 4.79 Å². The molecule has 1 aliphatic carbocycles. The lowest BCUT2D eigenvalue weighted by molar-refractivity contribution is -0.127. The molecule has 1 saturated carbocycles. The van der Waals surface area contributed by atoms with Crippen LogP contribution in [0.1, 0.15) is 40.9 Å². The summed E-state index contributed by atoms with van der Waals surface area (Å²) < 4.78 is 7.15. The van der Waals surface area contributed by atoms with Crippen LogP contribution < -0.4 is 10.2 Å². The summed E-state index contributed by atoms with van der Waals surface area (Å²) in [7, 11) is 0. The van der Waals surface area contributed by atoms with Gasteiger partial charge in [0.05, 0.1) is 35.9 Å². The summed E-state index contributed by atoms with van der Waals surface area (Å²) in [6.07, 6.45) is 6.72. The van der Waals surface area contributed by atoms with Gasteiger partial charge in [0, 0.05) is 54.0 Å². The van der Waals surface area contributed by atoms with E-state index in [4.69, 9.17) is 4.74 Å². The molecule has 1 amide bonds. The molecule has 178 valence electrons. The zero-order valence-corrected chi connectivity index (χ0v) is 19.9. The standard InChI is InChI=1S/C27H28N6O2/c1-16-3-4-18(25-28-11-23(30-25)20-7-17(20)2)8-22(16)31-26(34)21-10-29-33-6-5-19(9-24(21)33)32-12-27(13-32)14-35-15-27/h3-6,8-11,17,20H,7,12-15H2,1-2H3,(H,28,30)(H,31,34)/t17-,20-/m0/s1. The van der Waals surface area contributed by atoms with Gasteiger partial charge in [-0.15, -0.1) is 0 Å². The Bertz CT molecular complexity index is 1460. The molecule has 0 radical (unpaired) electrons. The minimum atomic E-state index is -0.170. The number of carbonyl (C=O) groups is 1. The molecule has 3 aliphatic rings. The predicted molar refractivity (Wildman–Crippen MR) is 134 cm³/mol. The Morgan fingerprint density at radius 2 is 2.03 bits per heavy atom. The van der Waals surface area contributed by atoms with E-state index in [2.05, 4.69) is 44.3 Å². The van der Waals surface area contributed by atoms with E-state index in [1.54, 1.807) is 10.7 Å². The fraction of sp³-hybridized carbons (Fsp3) is 0.370. The van der Waals surface area contributed by atoms with E-state index in [0.29, 0.717) is 16.9 Å². The van der Waals surface area contributed by atoms with Gasteiger partial charge in [-0.3, -0.25) is 4.79 Å². The number of pyridine rings is 1. The first kappa shape index (κ1) is 20.7. The van der Waals surface area contributed by atoms with E-state index in [1.807, 2.05) is 37.5 Å². The molecular formula is C27H28N6O2. The van der Waals surface area contributed by atoms with E-state index in [0.717, 1.165) is 66.1 Å². The molecule has 1 spiro atoms. The summed E-state index contributed by atoms with van der Waals surface area (Å²) in [5, 5.41) is 7.51. The molecule has 1 aromatic carbocycles. The number of carbonyl (C=O) groups excluding carboxylic acids is 1. The number of rotatable bonds is 5. The molecule has 2 atom stereocenters. The summed E-state index contributed by atoms with van der Waals surface area (Å²) in [6, 6.07) is 10.2. The largest absolute Gasteiger partial charge is 0.380 e. The molecule has 35 heavy (non-hydrogen) atoms. The Kier molecular flexibility index (Phi) is 4.39. The number of ether oxygens (including phenoxy) is 1. The van der Waals surface area contributed by atoms with Gasteiger partial charge < -0.3 is 19.9 Å². The van der Waals surface area contributed by atoms with Crippen LogP contribution in [0.25, 0.3) is 16.9 Å². The Morgan fingerprint density at radius 3 is 2.77 bits per heavy atom. The van der Waals surface area contributed by atoms with Crippen LogP contribution in [0.3, 0.4) is 0 Å². The second-order valence-electron chi connectivity index (χ2n) is 10.6. The number of aromatic nitrogens is 4. The van der Waals surface area contributed by atoms with Gasteiger partial charge in [-0.2, -0.15) is 5.10 Å². The molecule has 7 rings (SSSR count). The van der Waals surface area contributed by atoms with Gasteiger partial charge in [-0.05, 0) is 43.0 Å².